The van der Waals surface area contributed by atoms with Crippen LogP contribution in [0.1, 0.15) is 24.5 Å². The van der Waals surface area contributed by atoms with E-state index in [0.717, 1.165) is 31.7 Å². The van der Waals surface area contributed by atoms with Crippen LogP contribution in [0, 0.1) is 6.92 Å². The van der Waals surface area contributed by atoms with E-state index in [1.807, 2.05) is 6.07 Å². The molecule has 0 aliphatic carbocycles. The van der Waals surface area contributed by atoms with Crippen molar-refractivity contribution in [2.75, 3.05) is 27.4 Å². The smallest absolute Gasteiger partial charge is 0.122 e. The number of rotatable bonds is 8. The average Bonchev–Trinajstić information content (AvgIpc) is 2.36. The van der Waals surface area contributed by atoms with Gasteiger partial charge >= 0.3 is 0 Å². The zero-order chi connectivity index (χ0) is 13.4. The first-order valence-electron chi connectivity index (χ1n) is 6.57. The van der Waals surface area contributed by atoms with Crippen LogP contribution < -0.4 is 10.1 Å². The van der Waals surface area contributed by atoms with E-state index < -0.39 is 0 Å². The molecule has 1 N–H and O–H groups in total. The summed E-state index contributed by atoms with van der Waals surface area (Å²) in [5.41, 5.74) is 2.55. The molecular formula is C15H25NO2. The van der Waals surface area contributed by atoms with Crippen molar-refractivity contribution in [2.24, 2.45) is 0 Å². The molecule has 0 aromatic heterocycles. The van der Waals surface area contributed by atoms with Crippen molar-refractivity contribution in [2.45, 2.75) is 32.7 Å². The molecule has 102 valence electrons. The molecule has 0 spiro atoms. The second kappa shape index (κ2) is 8.11. The van der Waals surface area contributed by atoms with E-state index in [0.29, 0.717) is 6.04 Å². The van der Waals surface area contributed by atoms with Crippen LogP contribution in [-0.2, 0) is 11.2 Å². The summed E-state index contributed by atoms with van der Waals surface area (Å²) >= 11 is 0. The number of nitrogens with one attached hydrogen (secondary N) is 1. The fourth-order valence-corrected chi connectivity index (χ4v) is 2.17. The lowest BCUT2D eigenvalue weighted by Gasteiger charge is -2.17. The second-order valence-corrected chi connectivity index (χ2v) is 4.56. The van der Waals surface area contributed by atoms with Gasteiger partial charge in [0.1, 0.15) is 5.75 Å². The minimum atomic E-state index is 0.408. The highest BCUT2D eigenvalue weighted by atomic mass is 16.5. The zero-order valence-electron chi connectivity index (χ0n) is 12.0. The lowest BCUT2D eigenvalue weighted by Crippen LogP contribution is -2.33. The van der Waals surface area contributed by atoms with Gasteiger partial charge in [0, 0.05) is 13.2 Å². The van der Waals surface area contributed by atoms with E-state index in [1.54, 1.807) is 14.2 Å². The van der Waals surface area contributed by atoms with E-state index in [9.17, 15) is 0 Å². The van der Waals surface area contributed by atoms with E-state index >= 15 is 0 Å². The molecule has 0 heterocycles. The Morgan fingerprint density at radius 2 is 2.06 bits per heavy atom. The number of hydrogen-bond donors (Lipinski definition) is 1. The Bertz CT molecular complexity index is 346. The van der Waals surface area contributed by atoms with Gasteiger partial charge in [-0.1, -0.05) is 24.6 Å². The minimum Gasteiger partial charge on any atom is -0.496 e. The molecule has 18 heavy (non-hydrogen) atoms. The predicted molar refractivity (Wildman–Crippen MR) is 75.4 cm³/mol. The lowest BCUT2D eigenvalue weighted by atomic mass is 10.0. The molecular weight excluding hydrogens is 226 g/mol. The maximum absolute atomic E-state index is 5.40. The van der Waals surface area contributed by atoms with Crippen molar-refractivity contribution >= 4 is 0 Å². The Morgan fingerprint density at radius 3 is 2.67 bits per heavy atom. The first-order chi connectivity index (χ1) is 8.71. The van der Waals surface area contributed by atoms with Gasteiger partial charge in [-0.2, -0.15) is 0 Å². The van der Waals surface area contributed by atoms with E-state index in [2.05, 4.69) is 31.3 Å². The molecule has 1 rings (SSSR count). The maximum atomic E-state index is 5.40. The van der Waals surface area contributed by atoms with Crippen molar-refractivity contribution in [3.63, 3.8) is 0 Å². The lowest BCUT2D eigenvalue weighted by molar-refractivity contribution is 0.163. The predicted octanol–water partition coefficient (Wildman–Crippen LogP) is 2.56. The van der Waals surface area contributed by atoms with Crippen molar-refractivity contribution in [1.82, 2.24) is 5.32 Å². The van der Waals surface area contributed by atoms with E-state index in [1.165, 1.54) is 11.1 Å². The van der Waals surface area contributed by atoms with Gasteiger partial charge in [-0.05, 0) is 37.9 Å². The van der Waals surface area contributed by atoms with Crippen molar-refractivity contribution < 1.29 is 9.47 Å². The summed E-state index contributed by atoms with van der Waals surface area (Å²) in [5.74, 6) is 0.980. The fourth-order valence-electron chi connectivity index (χ4n) is 2.17. The highest BCUT2D eigenvalue weighted by Gasteiger charge is 2.09. The average molecular weight is 251 g/mol. The van der Waals surface area contributed by atoms with Gasteiger partial charge in [-0.15, -0.1) is 0 Å². The van der Waals surface area contributed by atoms with Gasteiger partial charge < -0.3 is 14.8 Å². The fraction of sp³-hybridized carbons (Fsp3) is 0.600. The normalized spacial score (nSPS) is 12.4. The van der Waals surface area contributed by atoms with Crippen molar-refractivity contribution in [3.05, 3.63) is 29.3 Å². The Labute approximate surface area is 110 Å². The van der Waals surface area contributed by atoms with E-state index in [4.69, 9.17) is 9.47 Å². The molecule has 3 nitrogen and oxygen atoms in total. The summed E-state index contributed by atoms with van der Waals surface area (Å²) in [6.07, 6.45) is 2.06. The third kappa shape index (κ3) is 4.67. The van der Waals surface area contributed by atoms with Crippen LogP contribution in [0.5, 0.6) is 5.75 Å². The number of ether oxygens (including phenoxy) is 2. The third-order valence-electron chi connectivity index (χ3n) is 3.06. The molecule has 0 radical (unpaired) electrons. The number of likely N-dealkylation sites (N-methyl/N-ethyl adjacent to an activating group) is 1. The van der Waals surface area contributed by atoms with Gasteiger partial charge in [0.15, 0.2) is 0 Å². The first kappa shape index (κ1) is 15.0. The Hall–Kier alpha value is -1.06. The highest BCUT2D eigenvalue weighted by molar-refractivity contribution is 5.36. The molecule has 0 bridgehead atoms. The van der Waals surface area contributed by atoms with Gasteiger partial charge in [0.2, 0.25) is 0 Å². The van der Waals surface area contributed by atoms with Gasteiger partial charge in [-0.25, -0.2) is 0 Å². The largest absolute Gasteiger partial charge is 0.496 e. The number of methoxy groups -OCH3 is 2. The summed E-state index contributed by atoms with van der Waals surface area (Å²) in [6, 6.07) is 6.74. The Kier molecular flexibility index (Phi) is 6.76. The molecule has 0 saturated heterocycles. The maximum Gasteiger partial charge on any atom is 0.122 e. The summed E-state index contributed by atoms with van der Waals surface area (Å²) in [6.45, 7) is 5.96. The molecule has 1 aromatic rings. The van der Waals surface area contributed by atoms with Crippen LogP contribution in [0.25, 0.3) is 0 Å². The number of hydrogen-bond acceptors (Lipinski definition) is 3. The van der Waals surface area contributed by atoms with Crippen LogP contribution in [0.3, 0.4) is 0 Å². The summed E-state index contributed by atoms with van der Waals surface area (Å²) in [4.78, 5) is 0. The standard InChI is InChI=1S/C15H25NO2/c1-5-16-14(11-17-3)8-7-13-10-12(2)6-9-15(13)18-4/h6,9-10,14,16H,5,7-8,11H2,1-4H3. The van der Waals surface area contributed by atoms with Gasteiger partial charge in [0.05, 0.1) is 13.7 Å². The van der Waals surface area contributed by atoms with Crippen LogP contribution in [0.2, 0.25) is 0 Å². The molecule has 0 saturated carbocycles. The summed E-state index contributed by atoms with van der Waals surface area (Å²) in [7, 11) is 3.47. The van der Waals surface area contributed by atoms with Gasteiger partial charge in [-0.3, -0.25) is 0 Å². The third-order valence-corrected chi connectivity index (χ3v) is 3.06. The van der Waals surface area contributed by atoms with Crippen LogP contribution in [0.4, 0.5) is 0 Å². The summed E-state index contributed by atoms with van der Waals surface area (Å²) < 4.78 is 10.6. The Balaban J connectivity index is 2.62. The van der Waals surface area contributed by atoms with Crippen molar-refractivity contribution in [3.8, 4) is 5.75 Å². The zero-order valence-corrected chi connectivity index (χ0v) is 12.0. The first-order valence-corrected chi connectivity index (χ1v) is 6.57. The number of aryl methyl sites for hydroxylation is 2. The topological polar surface area (TPSA) is 30.5 Å². The molecule has 1 unspecified atom stereocenters. The SMILES string of the molecule is CCNC(CCc1cc(C)ccc1OC)COC. The van der Waals surface area contributed by atoms with Crippen LogP contribution in [-0.4, -0.2) is 33.4 Å². The Morgan fingerprint density at radius 1 is 1.28 bits per heavy atom. The van der Waals surface area contributed by atoms with Crippen LogP contribution >= 0.6 is 0 Å². The molecule has 1 aromatic carbocycles. The van der Waals surface area contributed by atoms with Crippen LogP contribution in [0.15, 0.2) is 18.2 Å². The minimum absolute atomic E-state index is 0.408. The summed E-state index contributed by atoms with van der Waals surface area (Å²) in [5, 5.41) is 3.44. The number of benzene rings is 1. The molecule has 0 aliphatic rings. The second-order valence-electron chi connectivity index (χ2n) is 4.56. The monoisotopic (exact) mass is 251 g/mol. The molecule has 0 aliphatic heterocycles. The van der Waals surface area contributed by atoms with E-state index in [-0.39, 0.29) is 0 Å². The molecule has 1 atom stereocenters. The molecule has 3 heteroatoms. The van der Waals surface area contributed by atoms with Gasteiger partial charge in [0.25, 0.3) is 0 Å². The molecule has 0 fully saturated rings. The van der Waals surface area contributed by atoms with Crippen molar-refractivity contribution in [1.29, 1.82) is 0 Å². The molecule has 0 amide bonds. The highest BCUT2D eigenvalue weighted by Crippen LogP contribution is 2.21. The quantitative estimate of drug-likeness (QED) is 0.770.